The van der Waals surface area contributed by atoms with Crippen molar-refractivity contribution in [3.05, 3.63) is 29.3 Å². The van der Waals surface area contributed by atoms with Crippen LogP contribution in [0.3, 0.4) is 0 Å². The molecule has 0 bridgehead atoms. The number of amides is 1. The molecule has 2 rings (SSSR count). The summed E-state index contributed by atoms with van der Waals surface area (Å²) in [5.41, 5.74) is 2.73. The van der Waals surface area contributed by atoms with Crippen LogP contribution < -0.4 is 10.6 Å². The summed E-state index contributed by atoms with van der Waals surface area (Å²) in [5, 5.41) is 6.20. The first kappa shape index (κ1) is 13.9. The lowest BCUT2D eigenvalue weighted by Crippen LogP contribution is -2.28. The second-order valence-electron chi connectivity index (χ2n) is 5.10. The van der Waals surface area contributed by atoms with Gasteiger partial charge in [-0.25, -0.2) is 0 Å². The van der Waals surface area contributed by atoms with Crippen molar-refractivity contribution >= 4 is 11.6 Å². The highest BCUT2D eigenvalue weighted by Crippen LogP contribution is 2.35. The van der Waals surface area contributed by atoms with Crippen molar-refractivity contribution in [2.75, 3.05) is 26.1 Å². The van der Waals surface area contributed by atoms with Gasteiger partial charge in [0.05, 0.1) is 12.6 Å². The third-order valence-corrected chi connectivity index (χ3v) is 3.68. The van der Waals surface area contributed by atoms with Crippen molar-refractivity contribution in [3.63, 3.8) is 0 Å². The summed E-state index contributed by atoms with van der Waals surface area (Å²) < 4.78 is 5.27. The quantitative estimate of drug-likeness (QED) is 0.826. The summed E-state index contributed by atoms with van der Waals surface area (Å²) in [6.45, 7) is 2.68. The fourth-order valence-electron chi connectivity index (χ4n) is 2.35. The van der Waals surface area contributed by atoms with E-state index in [9.17, 15) is 4.79 Å². The van der Waals surface area contributed by atoms with Crippen molar-refractivity contribution in [2.45, 2.75) is 25.8 Å². The lowest BCUT2D eigenvalue weighted by Gasteiger charge is -2.21. The SMILES string of the molecule is CNC(=O)c1cccc(NC(COC)C2CC2)c1C. The average molecular weight is 262 g/mol. The zero-order chi connectivity index (χ0) is 13.8. The van der Waals surface area contributed by atoms with Crippen LogP contribution in [0.1, 0.15) is 28.8 Å². The second-order valence-corrected chi connectivity index (χ2v) is 5.10. The number of anilines is 1. The molecule has 1 amide bonds. The van der Waals surface area contributed by atoms with E-state index in [1.165, 1.54) is 12.8 Å². The van der Waals surface area contributed by atoms with Gasteiger partial charge in [0.25, 0.3) is 5.91 Å². The molecule has 19 heavy (non-hydrogen) atoms. The number of hydrogen-bond acceptors (Lipinski definition) is 3. The zero-order valence-electron chi connectivity index (χ0n) is 11.8. The number of nitrogens with one attached hydrogen (secondary N) is 2. The molecule has 0 heterocycles. The van der Waals surface area contributed by atoms with E-state index in [4.69, 9.17) is 4.74 Å². The second kappa shape index (κ2) is 6.06. The van der Waals surface area contributed by atoms with Crippen molar-refractivity contribution in [1.29, 1.82) is 0 Å². The standard InChI is InChI=1S/C15H22N2O2/c1-10-12(15(18)16-2)5-4-6-13(10)17-14(9-19-3)11-7-8-11/h4-6,11,14,17H,7-9H2,1-3H3,(H,16,18). The summed E-state index contributed by atoms with van der Waals surface area (Å²) in [6.07, 6.45) is 2.52. The van der Waals surface area contributed by atoms with Crippen molar-refractivity contribution < 1.29 is 9.53 Å². The van der Waals surface area contributed by atoms with Gasteiger partial charge in [0, 0.05) is 25.4 Å². The Kier molecular flexibility index (Phi) is 4.43. The molecule has 0 aromatic heterocycles. The number of hydrogen-bond donors (Lipinski definition) is 2. The Balaban J connectivity index is 2.17. The Morgan fingerprint density at radius 3 is 2.79 bits per heavy atom. The molecule has 0 saturated heterocycles. The van der Waals surface area contributed by atoms with Gasteiger partial charge in [0.15, 0.2) is 0 Å². The number of methoxy groups -OCH3 is 1. The molecule has 0 spiro atoms. The van der Waals surface area contributed by atoms with E-state index in [2.05, 4.69) is 10.6 Å². The smallest absolute Gasteiger partial charge is 0.251 e. The molecular formula is C15H22N2O2. The van der Waals surface area contributed by atoms with Crippen LogP contribution >= 0.6 is 0 Å². The van der Waals surface area contributed by atoms with Crippen LogP contribution in [-0.4, -0.2) is 32.7 Å². The minimum absolute atomic E-state index is 0.0455. The molecule has 0 aliphatic heterocycles. The van der Waals surface area contributed by atoms with Gasteiger partial charge in [-0.2, -0.15) is 0 Å². The molecule has 4 heteroatoms. The minimum atomic E-state index is -0.0455. The Labute approximate surface area is 114 Å². The van der Waals surface area contributed by atoms with Crippen LogP contribution in [0.4, 0.5) is 5.69 Å². The largest absolute Gasteiger partial charge is 0.383 e. The van der Waals surface area contributed by atoms with E-state index in [0.29, 0.717) is 18.6 Å². The summed E-state index contributed by atoms with van der Waals surface area (Å²) >= 11 is 0. The molecule has 1 unspecified atom stereocenters. The van der Waals surface area contributed by atoms with Gasteiger partial charge in [-0.15, -0.1) is 0 Å². The average Bonchev–Trinajstić information content (AvgIpc) is 3.24. The molecule has 0 radical (unpaired) electrons. The molecule has 1 saturated carbocycles. The molecule has 1 aliphatic rings. The lowest BCUT2D eigenvalue weighted by atomic mass is 10.0. The van der Waals surface area contributed by atoms with Crippen LogP contribution in [0, 0.1) is 12.8 Å². The molecule has 1 aromatic carbocycles. The van der Waals surface area contributed by atoms with Gasteiger partial charge in [0.1, 0.15) is 0 Å². The first-order valence-corrected chi connectivity index (χ1v) is 6.74. The number of ether oxygens (including phenoxy) is 1. The van der Waals surface area contributed by atoms with Gasteiger partial charge in [-0.05, 0) is 43.4 Å². The summed E-state index contributed by atoms with van der Waals surface area (Å²) in [5.74, 6) is 0.652. The number of carbonyl (C=O) groups excluding carboxylic acids is 1. The predicted molar refractivity (Wildman–Crippen MR) is 76.6 cm³/mol. The van der Waals surface area contributed by atoms with Crippen molar-refractivity contribution in [1.82, 2.24) is 5.32 Å². The van der Waals surface area contributed by atoms with Crippen LogP contribution in [0.25, 0.3) is 0 Å². The van der Waals surface area contributed by atoms with Crippen molar-refractivity contribution in [2.24, 2.45) is 5.92 Å². The predicted octanol–water partition coefficient (Wildman–Crippen LogP) is 2.19. The maximum atomic E-state index is 11.8. The van der Waals surface area contributed by atoms with Crippen LogP contribution in [0.15, 0.2) is 18.2 Å². The Morgan fingerprint density at radius 1 is 1.47 bits per heavy atom. The molecule has 1 atom stereocenters. The Hall–Kier alpha value is -1.55. The lowest BCUT2D eigenvalue weighted by molar-refractivity contribution is 0.0962. The third-order valence-electron chi connectivity index (χ3n) is 3.68. The summed E-state index contributed by atoms with van der Waals surface area (Å²) in [6, 6.07) is 6.12. The molecule has 104 valence electrons. The first-order valence-electron chi connectivity index (χ1n) is 6.74. The van der Waals surface area contributed by atoms with Gasteiger partial charge >= 0.3 is 0 Å². The van der Waals surface area contributed by atoms with E-state index >= 15 is 0 Å². The first-order chi connectivity index (χ1) is 9.17. The highest BCUT2D eigenvalue weighted by molar-refractivity contribution is 5.96. The van der Waals surface area contributed by atoms with Gasteiger partial charge in [-0.1, -0.05) is 6.07 Å². The monoisotopic (exact) mass is 262 g/mol. The summed E-state index contributed by atoms with van der Waals surface area (Å²) in [4.78, 5) is 11.8. The summed E-state index contributed by atoms with van der Waals surface area (Å²) in [7, 11) is 3.38. The zero-order valence-corrected chi connectivity index (χ0v) is 11.8. The molecular weight excluding hydrogens is 240 g/mol. The molecule has 1 aliphatic carbocycles. The van der Waals surface area contributed by atoms with Crippen LogP contribution in [0.5, 0.6) is 0 Å². The van der Waals surface area contributed by atoms with E-state index in [0.717, 1.165) is 16.8 Å². The normalized spacial score (nSPS) is 15.9. The van der Waals surface area contributed by atoms with Crippen LogP contribution in [-0.2, 0) is 4.74 Å². The van der Waals surface area contributed by atoms with Gasteiger partial charge < -0.3 is 15.4 Å². The molecule has 4 nitrogen and oxygen atoms in total. The van der Waals surface area contributed by atoms with E-state index in [1.54, 1.807) is 14.2 Å². The Morgan fingerprint density at radius 2 is 2.21 bits per heavy atom. The third kappa shape index (κ3) is 3.26. The highest BCUT2D eigenvalue weighted by atomic mass is 16.5. The highest BCUT2D eigenvalue weighted by Gasteiger charge is 2.31. The maximum Gasteiger partial charge on any atom is 0.251 e. The number of carbonyl (C=O) groups is 1. The topological polar surface area (TPSA) is 50.4 Å². The van der Waals surface area contributed by atoms with Crippen molar-refractivity contribution in [3.8, 4) is 0 Å². The molecule has 2 N–H and O–H groups in total. The van der Waals surface area contributed by atoms with Crippen LogP contribution in [0.2, 0.25) is 0 Å². The molecule has 1 aromatic rings. The van der Waals surface area contributed by atoms with E-state index in [1.807, 2.05) is 25.1 Å². The van der Waals surface area contributed by atoms with Gasteiger partial charge in [-0.3, -0.25) is 4.79 Å². The molecule has 1 fully saturated rings. The number of rotatable bonds is 6. The fourth-order valence-corrected chi connectivity index (χ4v) is 2.35. The van der Waals surface area contributed by atoms with E-state index < -0.39 is 0 Å². The maximum absolute atomic E-state index is 11.8. The van der Waals surface area contributed by atoms with Gasteiger partial charge in [0.2, 0.25) is 0 Å². The number of benzene rings is 1. The fraction of sp³-hybridized carbons (Fsp3) is 0.533. The minimum Gasteiger partial charge on any atom is -0.383 e. The van der Waals surface area contributed by atoms with E-state index in [-0.39, 0.29) is 5.91 Å². The Bertz CT molecular complexity index is 455.